The summed E-state index contributed by atoms with van der Waals surface area (Å²) in [7, 11) is 1.26. The number of nitrogens with one attached hydrogen (secondary N) is 1. The number of halogens is 3. The molecule has 0 heterocycles. The van der Waals surface area contributed by atoms with Gasteiger partial charge in [-0.25, -0.2) is 4.79 Å². The lowest BCUT2D eigenvalue weighted by molar-refractivity contribution is -0.142. The zero-order valence-electron chi connectivity index (χ0n) is 12.7. The molecule has 9 heteroatoms. The van der Waals surface area contributed by atoms with Crippen LogP contribution in [-0.2, 0) is 14.3 Å². The highest BCUT2D eigenvalue weighted by Gasteiger charge is 2.23. The summed E-state index contributed by atoms with van der Waals surface area (Å²) in [4.78, 5) is 23.6. The van der Waals surface area contributed by atoms with Crippen LogP contribution in [0.25, 0.3) is 0 Å². The van der Waals surface area contributed by atoms with Crippen molar-refractivity contribution >= 4 is 58.4 Å². The van der Waals surface area contributed by atoms with E-state index in [2.05, 4.69) is 10.1 Å². The molecule has 1 unspecified atom stereocenters. The van der Waals surface area contributed by atoms with E-state index in [-0.39, 0.29) is 27.7 Å². The zero-order chi connectivity index (χ0) is 17.6. The van der Waals surface area contributed by atoms with Gasteiger partial charge in [0, 0.05) is 10.3 Å². The molecule has 0 spiro atoms. The summed E-state index contributed by atoms with van der Waals surface area (Å²) in [5.41, 5.74) is 0. The Hall–Kier alpha value is -0.820. The molecule has 23 heavy (non-hydrogen) atoms. The highest BCUT2D eigenvalue weighted by atomic mass is 35.5. The van der Waals surface area contributed by atoms with E-state index in [4.69, 9.17) is 39.5 Å². The van der Waals surface area contributed by atoms with Crippen LogP contribution in [0.3, 0.4) is 0 Å². The predicted molar refractivity (Wildman–Crippen MR) is 93.6 cm³/mol. The summed E-state index contributed by atoms with van der Waals surface area (Å²) in [6.07, 6.45) is 0. The largest absolute Gasteiger partial charge is 0.481 e. The number of rotatable bonds is 7. The molecule has 0 aliphatic rings. The standard InChI is InChI=1S/C14H16Cl3NO4S/c1-7(2)23-13(14(20)21-3)18-11(19)6-22-12-9(16)4-8(15)5-10(12)17/h4-5,7,13H,6H2,1-3H3,(H,18,19). The van der Waals surface area contributed by atoms with Crippen molar-refractivity contribution < 1.29 is 19.1 Å². The van der Waals surface area contributed by atoms with Gasteiger partial charge in [-0.3, -0.25) is 4.79 Å². The first kappa shape index (κ1) is 20.2. The number of hydrogen-bond donors (Lipinski definition) is 1. The Labute approximate surface area is 153 Å². The Bertz CT molecular complexity index is 560. The SMILES string of the molecule is COC(=O)C(NC(=O)COc1c(Cl)cc(Cl)cc1Cl)SC(C)C. The minimum absolute atomic E-state index is 0.125. The maximum absolute atomic E-state index is 11.9. The lowest BCUT2D eigenvalue weighted by Gasteiger charge is -2.18. The van der Waals surface area contributed by atoms with Gasteiger partial charge >= 0.3 is 5.97 Å². The Morgan fingerprint density at radius 3 is 2.26 bits per heavy atom. The number of amides is 1. The lowest BCUT2D eigenvalue weighted by Crippen LogP contribution is -2.42. The first-order valence-corrected chi connectivity index (χ1v) is 8.62. The third-order valence-electron chi connectivity index (χ3n) is 2.43. The molecule has 5 nitrogen and oxygen atoms in total. The van der Waals surface area contributed by atoms with E-state index in [1.54, 1.807) is 0 Å². The Morgan fingerprint density at radius 2 is 1.78 bits per heavy atom. The van der Waals surface area contributed by atoms with E-state index in [0.29, 0.717) is 5.02 Å². The molecule has 1 atom stereocenters. The van der Waals surface area contributed by atoms with Gasteiger partial charge in [-0.2, -0.15) is 0 Å². The van der Waals surface area contributed by atoms with Gasteiger partial charge in [0.25, 0.3) is 5.91 Å². The molecule has 0 aliphatic heterocycles. The molecule has 0 saturated carbocycles. The fourth-order valence-corrected chi connectivity index (χ4v) is 3.40. The predicted octanol–water partition coefficient (Wildman–Crippen LogP) is 3.78. The van der Waals surface area contributed by atoms with Crippen LogP contribution in [-0.4, -0.2) is 36.2 Å². The highest BCUT2D eigenvalue weighted by molar-refractivity contribution is 8.01. The average Bonchev–Trinajstić information content (AvgIpc) is 2.44. The third-order valence-corrected chi connectivity index (χ3v) is 4.33. The summed E-state index contributed by atoms with van der Waals surface area (Å²) in [5.74, 6) is -0.894. The summed E-state index contributed by atoms with van der Waals surface area (Å²) in [5, 5.41) is 2.58. The van der Waals surface area contributed by atoms with Crippen molar-refractivity contribution in [3.05, 3.63) is 27.2 Å². The summed E-state index contributed by atoms with van der Waals surface area (Å²) in [6, 6.07) is 2.90. The van der Waals surface area contributed by atoms with Crippen molar-refractivity contribution in [3.8, 4) is 5.75 Å². The molecule has 1 rings (SSSR count). The lowest BCUT2D eigenvalue weighted by atomic mass is 10.3. The molecule has 0 saturated heterocycles. The van der Waals surface area contributed by atoms with E-state index in [1.807, 2.05) is 13.8 Å². The average molecular weight is 401 g/mol. The number of ether oxygens (including phenoxy) is 2. The van der Waals surface area contributed by atoms with Gasteiger partial charge in [0.15, 0.2) is 17.7 Å². The maximum atomic E-state index is 11.9. The molecular weight excluding hydrogens is 385 g/mol. The van der Waals surface area contributed by atoms with Crippen molar-refractivity contribution in [1.29, 1.82) is 0 Å². The van der Waals surface area contributed by atoms with Crippen molar-refractivity contribution in [2.45, 2.75) is 24.5 Å². The van der Waals surface area contributed by atoms with E-state index < -0.39 is 17.3 Å². The van der Waals surface area contributed by atoms with Crippen LogP contribution < -0.4 is 10.1 Å². The summed E-state index contributed by atoms with van der Waals surface area (Å²) >= 11 is 19.0. The molecule has 0 radical (unpaired) electrons. The van der Waals surface area contributed by atoms with Gasteiger partial charge in [-0.15, -0.1) is 11.8 Å². The fraction of sp³-hybridized carbons (Fsp3) is 0.429. The fourth-order valence-electron chi connectivity index (χ4n) is 1.52. The molecule has 0 aromatic heterocycles. The molecule has 128 valence electrons. The molecule has 1 N–H and O–H groups in total. The molecular formula is C14H16Cl3NO4S. The summed E-state index contributed by atoms with van der Waals surface area (Å²) < 4.78 is 9.96. The van der Waals surface area contributed by atoms with Crippen LogP contribution in [0.4, 0.5) is 0 Å². The van der Waals surface area contributed by atoms with Gasteiger partial charge in [-0.05, 0) is 12.1 Å². The number of methoxy groups -OCH3 is 1. The van der Waals surface area contributed by atoms with Gasteiger partial charge in [0.2, 0.25) is 0 Å². The second-order valence-electron chi connectivity index (χ2n) is 4.64. The Balaban J connectivity index is 2.67. The maximum Gasteiger partial charge on any atom is 0.339 e. The normalized spacial score (nSPS) is 12.0. The molecule has 1 aromatic rings. The number of esters is 1. The highest BCUT2D eigenvalue weighted by Crippen LogP contribution is 2.35. The smallest absolute Gasteiger partial charge is 0.339 e. The van der Waals surface area contributed by atoms with E-state index in [9.17, 15) is 9.59 Å². The molecule has 0 fully saturated rings. The third kappa shape index (κ3) is 6.67. The summed E-state index contributed by atoms with van der Waals surface area (Å²) in [6.45, 7) is 3.44. The van der Waals surface area contributed by atoms with Crippen molar-refractivity contribution in [2.24, 2.45) is 0 Å². The molecule has 1 amide bonds. The first-order valence-electron chi connectivity index (χ1n) is 6.54. The van der Waals surface area contributed by atoms with Gasteiger partial charge < -0.3 is 14.8 Å². The van der Waals surface area contributed by atoms with E-state index in [0.717, 1.165) is 0 Å². The van der Waals surface area contributed by atoms with E-state index in [1.165, 1.54) is 31.0 Å². The van der Waals surface area contributed by atoms with Crippen LogP contribution in [0, 0.1) is 0 Å². The molecule has 1 aromatic carbocycles. The van der Waals surface area contributed by atoms with Crippen molar-refractivity contribution in [2.75, 3.05) is 13.7 Å². The van der Waals surface area contributed by atoms with Gasteiger partial charge in [0.05, 0.1) is 17.2 Å². The number of carbonyl (C=O) groups is 2. The number of thioether (sulfide) groups is 1. The minimum Gasteiger partial charge on any atom is -0.481 e. The number of hydrogen-bond acceptors (Lipinski definition) is 5. The second-order valence-corrected chi connectivity index (χ2v) is 7.58. The Morgan fingerprint density at radius 1 is 1.22 bits per heavy atom. The number of carbonyl (C=O) groups excluding carboxylic acids is 2. The van der Waals surface area contributed by atoms with Gasteiger partial charge in [0.1, 0.15) is 0 Å². The van der Waals surface area contributed by atoms with Crippen LogP contribution >= 0.6 is 46.6 Å². The number of benzene rings is 1. The first-order chi connectivity index (χ1) is 10.7. The van der Waals surface area contributed by atoms with Crippen LogP contribution in [0.5, 0.6) is 5.75 Å². The van der Waals surface area contributed by atoms with Crippen molar-refractivity contribution in [1.82, 2.24) is 5.32 Å². The second kappa shape index (κ2) is 9.47. The van der Waals surface area contributed by atoms with Gasteiger partial charge in [-0.1, -0.05) is 48.7 Å². The zero-order valence-corrected chi connectivity index (χ0v) is 15.8. The van der Waals surface area contributed by atoms with Crippen LogP contribution in [0.2, 0.25) is 15.1 Å². The topological polar surface area (TPSA) is 64.6 Å². The van der Waals surface area contributed by atoms with Crippen molar-refractivity contribution in [3.63, 3.8) is 0 Å². The quantitative estimate of drug-likeness (QED) is 0.557. The minimum atomic E-state index is -0.813. The monoisotopic (exact) mass is 399 g/mol. The molecule has 0 aliphatic carbocycles. The van der Waals surface area contributed by atoms with Crippen LogP contribution in [0.1, 0.15) is 13.8 Å². The van der Waals surface area contributed by atoms with E-state index >= 15 is 0 Å². The van der Waals surface area contributed by atoms with Crippen LogP contribution in [0.15, 0.2) is 12.1 Å². The molecule has 0 bridgehead atoms. The Kier molecular flexibility index (Phi) is 8.33.